The summed E-state index contributed by atoms with van der Waals surface area (Å²) in [5.74, 6) is 0.753. The second-order valence-electron chi connectivity index (χ2n) is 2.98. The molecule has 1 atom stereocenters. The molecule has 1 rings (SSSR count). The van der Waals surface area contributed by atoms with Gasteiger partial charge in [-0.2, -0.15) is 11.8 Å². The SMILES string of the molecule is CSCC(=O)NC1CC=CCC1. The van der Waals surface area contributed by atoms with Gasteiger partial charge in [0.25, 0.3) is 0 Å². The summed E-state index contributed by atoms with van der Waals surface area (Å²) in [6, 6.07) is 0.384. The van der Waals surface area contributed by atoms with Crippen LogP contribution in [0.5, 0.6) is 0 Å². The zero-order valence-corrected chi connectivity index (χ0v) is 8.19. The van der Waals surface area contributed by atoms with Crippen LogP contribution in [-0.2, 0) is 4.79 Å². The molecular formula is C9H15NOS. The third kappa shape index (κ3) is 3.30. The maximum Gasteiger partial charge on any atom is 0.230 e. The third-order valence-corrected chi connectivity index (χ3v) is 2.46. The quantitative estimate of drug-likeness (QED) is 0.676. The van der Waals surface area contributed by atoms with Gasteiger partial charge in [-0.05, 0) is 25.5 Å². The molecule has 0 saturated heterocycles. The predicted octanol–water partition coefficient (Wildman–Crippen LogP) is 1.57. The van der Waals surface area contributed by atoms with Crippen molar-refractivity contribution in [3.05, 3.63) is 12.2 Å². The molecule has 0 spiro atoms. The molecule has 12 heavy (non-hydrogen) atoms. The summed E-state index contributed by atoms with van der Waals surface area (Å²) >= 11 is 1.57. The van der Waals surface area contributed by atoms with E-state index < -0.39 is 0 Å². The number of hydrogen-bond acceptors (Lipinski definition) is 2. The maximum absolute atomic E-state index is 11.2. The van der Waals surface area contributed by atoms with Crippen LogP contribution < -0.4 is 5.32 Å². The molecule has 1 unspecified atom stereocenters. The topological polar surface area (TPSA) is 29.1 Å². The third-order valence-electron chi connectivity index (χ3n) is 1.91. The molecule has 1 N–H and O–H groups in total. The average Bonchev–Trinajstić information content (AvgIpc) is 2.06. The molecule has 0 saturated carbocycles. The lowest BCUT2D eigenvalue weighted by atomic mass is 10.0. The Balaban J connectivity index is 2.21. The summed E-state index contributed by atoms with van der Waals surface area (Å²) in [7, 11) is 0. The molecule has 0 aromatic heterocycles. The van der Waals surface area contributed by atoms with Crippen molar-refractivity contribution in [2.75, 3.05) is 12.0 Å². The molecule has 1 amide bonds. The van der Waals surface area contributed by atoms with E-state index in [4.69, 9.17) is 0 Å². The first-order chi connectivity index (χ1) is 5.83. The zero-order valence-electron chi connectivity index (χ0n) is 7.38. The Kier molecular flexibility index (Phi) is 4.22. The van der Waals surface area contributed by atoms with Crippen LogP contribution in [0.2, 0.25) is 0 Å². The Hall–Kier alpha value is -0.440. The monoisotopic (exact) mass is 185 g/mol. The van der Waals surface area contributed by atoms with Crippen molar-refractivity contribution in [2.45, 2.75) is 25.3 Å². The summed E-state index contributed by atoms with van der Waals surface area (Å²) < 4.78 is 0. The lowest BCUT2D eigenvalue weighted by molar-refractivity contribution is -0.119. The number of hydrogen-bond donors (Lipinski definition) is 1. The Bertz CT molecular complexity index is 179. The smallest absolute Gasteiger partial charge is 0.230 e. The van der Waals surface area contributed by atoms with Crippen molar-refractivity contribution >= 4 is 17.7 Å². The van der Waals surface area contributed by atoms with E-state index in [2.05, 4.69) is 17.5 Å². The van der Waals surface area contributed by atoms with Crippen LogP contribution in [0.4, 0.5) is 0 Å². The first-order valence-corrected chi connectivity index (χ1v) is 5.65. The van der Waals surface area contributed by atoms with Crippen molar-refractivity contribution in [2.24, 2.45) is 0 Å². The number of rotatable bonds is 3. The number of thioether (sulfide) groups is 1. The van der Waals surface area contributed by atoms with Gasteiger partial charge in [0.15, 0.2) is 0 Å². The molecule has 3 heteroatoms. The van der Waals surface area contributed by atoms with Gasteiger partial charge in [0.05, 0.1) is 5.75 Å². The Morgan fingerprint density at radius 3 is 3.08 bits per heavy atom. The summed E-state index contributed by atoms with van der Waals surface area (Å²) in [5, 5.41) is 3.01. The molecule has 2 nitrogen and oxygen atoms in total. The molecule has 0 radical (unpaired) electrons. The minimum atomic E-state index is 0.169. The van der Waals surface area contributed by atoms with Crippen molar-refractivity contribution in [3.63, 3.8) is 0 Å². The molecule has 0 bridgehead atoms. The Morgan fingerprint density at radius 2 is 2.50 bits per heavy atom. The maximum atomic E-state index is 11.2. The van der Waals surface area contributed by atoms with Crippen molar-refractivity contribution in [1.29, 1.82) is 0 Å². The van der Waals surface area contributed by atoms with Gasteiger partial charge in [-0.1, -0.05) is 12.2 Å². The van der Waals surface area contributed by atoms with Crippen molar-refractivity contribution < 1.29 is 4.79 Å². The van der Waals surface area contributed by atoms with Gasteiger partial charge in [-0.15, -0.1) is 0 Å². The summed E-state index contributed by atoms with van der Waals surface area (Å²) in [4.78, 5) is 11.2. The van der Waals surface area contributed by atoms with E-state index in [1.54, 1.807) is 11.8 Å². The van der Waals surface area contributed by atoms with Crippen molar-refractivity contribution in [1.82, 2.24) is 5.32 Å². The molecular weight excluding hydrogens is 170 g/mol. The highest BCUT2D eigenvalue weighted by molar-refractivity contribution is 7.99. The van der Waals surface area contributed by atoms with E-state index in [9.17, 15) is 4.79 Å². The van der Waals surface area contributed by atoms with Gasteiger partial charge in [-0.3, -0.25) is 4.79 Å². The van der Waals surface area contributed by atoms with E-state index >= 15 is 0 Å². The Morgan fingerprint density at radius 1 is 1.67 bits per heavy atom. The standard InChI is InChI=1S/C9H15NOS/c1-12-7-9(11)10-8-5-3-2-4-6-8/h2-3,8H,4-7H2,1H3,(H,10,11). The predicted molar refractivity (Wildman–Crippen MR) is 53.3 cm³/mol. The fraction of sp³-hybridized carbons (Fsp3) is 0.667. The summed E-state index contributed by atoms with van der Waals surface area (Å²) in [5.41, 5.74) is 0. The largest absolute Gasteiger partial charge is 0.352 e. The summed E-state index contributed by atoms with van der Waals surface area (Å²) in [6.45, 7) is 0. The van der Waals surface area contributed by atoms with Crippen molar-refractivity contribution in [3.8, 4) is 0 Å². The van der Waals surface area contributed by atoms with Crippen LogP contribution in [0.1, 0.15) is 19.3 Å². The fourth-order valence-electron chi connectivity index (χ4n) is 1.33. The average molecular weight is 185 g/mol. The molecule has 1 aliphatic carbocycles. The molecule has 0 aromatic carbocycles. The molecule has 0 fully saturated rings. The second-order valence-corrected chi connectivity index (χ2v) is 3.85. The van der Waals surface area contributed by atoms with Crippen LogP contribution in [0.15, 0.2) is 12.2 Å². The van der Waals surface area contributed by atoms with Crippen LogP contribution in [-0.4, -0.2) is 24.0 Å². The number of carbonyl (C=O) groups is 1. The molecule has 1 aliphatic rings. The number of allylic oxidation sites excluding steroid dienone is 1. The lowest BCUT2D eigenvalue weighted by Gasteiger charge is -2.18. The Labute approximate surface area is 77.8 Å². The van der Waals surface area contributed by atoms with E-state index in [0.717, 1.165) is 19.3 Å². The molecule has 0 aromatic rings. The number of amides is 1. The van der Waals surface area contributed by atoms with Gasteiger partial charge >= 0.3 is 0 Å². The lowest BCUT2D eigenvalue weighted by Crippen LogP contribution is -2.36. The van der Waals surface area contributed by atoms with Gasteiger partial charge in [-0.25, -0.2) is 0 Å². The van der Waals surface area contributed by atoms with Crippen LogP contribution in [0, 0.1) is 0 Å². The molecule has 0 aliphatic heterocycles. The highest BCUT2D eigenvalue weighted by Crippen LogP contribution is 2.10. The van der Waals surface area contributed by atoms with E-state index in [1.165, 1.54) is 0 Å². The van der Waals surface area contributed by atoms with Gasteiger partial charge in [0, 0.05) is 6.04 Å². The number of nitrogens with one attached hydrogen (secondary N) is 1. The normalized spacial score (nSPS) is 22.2. The first kappa shape index (κ1) is 9.65. The minimum absolute atomic E-state index is 0.169. The highest BCUT2D eigenvalue weighted by atomic mass is 32.2. The van der Waals surface area contributed by atoms with Gasteiger partial charge in [0.2, 0.25) is 5.91 Å². The van der Waals surface area contributed by atoms with E-state index in [1.807, 2.05) is 6.26 Å². The zero-order chi connectivity index (χ0) is 8.81. The molecule has 68 valence electrons. The highest BCUT2D eigenvalue weighted by Gasteiger charge is 2.11. The first-order valence-electron chi connectivity index (χ1n) is 4.26. The van der Waals surface area contributed by atoms with Crippen LogP contribution in [0.25, 0.3) is 0 Å². The fourth-order valence-corrected chi connectivity index (χ4v) is 1.67. The van der Waals surface area contributed by atoms with Gasteiger partial charge < -0.3 is 5.32 Å². The van der Waals surface area contributed by atoms with Crippen LogP contribution in [0.3, 0.4) is 0 Å². The minimum Gasteiger partial charge on any atom is -0.352 e. The number of carbonyl (C=O) groups excluding carboxylic acids is 1. The van der Waals surface area contributed by atoms with Gasteiger partial charge in [0.1, 0.15) is 0 Å². The van der Waals surface area contributed by atoms with Crippen LogP contribution >= 0.6 is 11.8 Å². The second kappa shape index (κ2) is 5.25. The summed E-state index contributed by atoms with van der Waals surface area (Å²) in [6.07, 6.45) is 9.46. The van der Waals surface area contributed by atoms with E-state index in [0.29, 0.717) is 11.8 Å². The molecule has 0 heterocycles. The van der Waals surface area contributed by atoms with E-state index in [-0.39, 0.29) is 5.91 Å².